The van der Waals surface area contributed by atoms with E-state index in [2.05, 4.69) is 22.9 Å². The first-order chi connectivity index (χ1) is 13.6. The van der Waals surface area contributed by atoms with Crippen molar-refractivity contribution in [3.05, 3.63) is 54.3 Å². The Kier molecular flexibility index (Phi) is 4.75. The number of fused-ring (bicyclic) bond motifs is 4. The van der Waals surface area contributed by atoms with Gasteiger partial charge in [-0.15, -0.1) is 6.58 Å². The molecule has 3 heterocycles. The first kappa shape index (κ1) is 18.7. The molecule has 6 heteroatoms. The Balaban J connectivity index is 1.75. The Morgan fingerprint density at radius 1 is 1.36 bits per heavy atom. The number of para-hydroxylation sites is 1. The molecule has 0 aromatic heterocycles. The first-order valence-electron chi connectivity index (χ1n) is 9.65. The van der Waals surface area contributed by atoms with Gasteiger partial charge in [-0.2, -0.15) is 0 Å². The van der Waals surface area contributed by atoms with Crippen LogP contribution in [0.1, 0.15) is 18.4 Å². The fraction of sp³-hybridized carbons (Fsp3) is 0.455. The maximum atomic E-state index is 13.2. The zero-order chi connectivity index (χ0) is 19.9. The topological polar surface area (TPSA) is 67.9 Å². The first-order valence-corrected chi connectivity index (χ1v) is 9.65. The van der Waals surface area contributed by atoms with E-state index in [0.717, 1.165) is 30.8 Å². The molecule has 4 rings (SSSR count). The SMILES string of the molecule is C=CC1CN2CC[C@@]3(C(=O)Nc4ccccc43)[C@@H]2CC1/C(=C\OC)C(=O)OC. The minimum absolute atomic E-state index is 0.0160. The fourth-order valence-corrected chi connectivity index (χ4v) is 5.38. The molecule has 6 nitrogen and oxygen atoms in total. The Morgan fingerprint density at radius 2 is 2.14 bits per heavy atom. The second-order valence-electron chi connectivity index (χ2n) is 7.77. The third-order valence-electron chi connectivity index (χ3n) is 6.67. The number of carbonyl (C=O) groups is 2. The van der Waals surface area contributed by atoms with Crippen molar-refractivity contribution >= 4 is 17.6 Å². The molecule has 4 atom stereocenters. The number of anilines is 1. The van der Waals surface area contributed by atoms with Gasteiger partial charge in [-0.05, 0) is 36.9 Å². The van der Waals surface area contributed by atoms with Gasteiger partial charge in [0.1, 0.15) is 0 Å². The van der Waals surface area contributed by atoms with Gasteiger partial charge in [0, 0.05) is 24.2 Å². The summed E-state index contributed by atoms with van der Waals surface area (Å²) in [5.74, 6) is -0.351. The molecular formula is C22H26N2O4. The number of carbonyl (C=O) groups excluding carboxylic acids is 2. The zero-order valence-electron chi connectivity index (χ0n) is 16.3. The van der Waals surface area contributed by atoms with Crippen LogP contribution in [0.15, 0.2) is 48.8 Å². The van der Waals surface area contributed by atoms with E-state index in [1.54, 1.807) is 0 Å². The monoisotopic (exact) mass is 382 g/mol. The maximum Gasteiger partial charge on any atom is 0.337 e. The molecule has 0 saturated carbocycles. The summed E-state index contributed by atoms with van der Waals surface area (Å²) < 4.78 is 10.2. The van der Waals surface area contributed by atoms with E-state index in [-0.39, 0.29) is 23.8 Å². The summed E-state index contributed by atoms with van der Waals surface area (Å²) in [6.07, 6.45) is 4.83. The zero-order valence-corrected chi connectivity index (χ0v) is 16.3. The lowest BCUT2D eigenvalue weighted by atomic mass is 9.68. The minimum atomic E-state index is -0.574. The van der Waals surface area contributed by atoms with Gasteiger partial charge in [-0.1, -0.05) is 24.3 Å². The summed E-state index contributed by atoms with van der Waals surface area (Å²) in [6, 6.07) is 7.96. The van der Waals surface area contributed by atoms with E-state index >= 15 is 0 Å². The highest BCUT2D eigenvalue weighted by molar-refractivity contribution is 6.07. The second kappa shape index (κ2) is 7.09. The number of amides is 1. The molecule has 28 heavy (non-hydrogen) atoms. The molecule has 1 aromatic carbocycles. The molecule has 2 fully saturated rings. The van der Waals surface area contributed by atoms with Crippen LogP contribution in [0.4, 0.5) is 5.69 Å². The molecule has 1 spiro atoms. The summed E-state index contributed by atoms with van der Waals surface area (Å²) >= 11 is 0. The molecule has 148 valence electrons. The second-order valence-corrected chi connectivity index (χ2v) is 7.77. The van der Waals surface area contributed by atoms with Crippen LogP contribution in [-0.4, -0.2) is 50.1 Å². The maximum absolute atomic E-state index is 13.2. The number of benzene rings is 1. The van der Waals surface area contributed by atoms with E-state index in [0.29, 0.717) is 12.0 Å². The quantitative estimate of drug-likeness (QED) is 0.375. The Hall–Kier alpha value is -2.60. The Morgan fingerprint density at radius 3 is 2.86 bits per heavy atom. The van der Waals surface area contributed by atoms with Crippen LogP contribution in [0.3, 0.4) is 0 Å². The van der Waals surface area contributed by atoms with Gasteiger partial charge in [-0.3, -0.25) is 9.69 Å². The number of nitrogens with one attached hydrogen (secondary N) is 1. The van der Waals surface area contributed by atoms with Crippen LogP contribution < -0.4 is 5.32 Å². The van der Waals surface area contributed by atoms with Crippen LogP contribution in [0.25, 0.3) is 0 Å². The molecule has 3 aliphatic heterocycles. The van der Waals surface area contributed by atoms with Gasteiger partial charge in [-0.25, -0.2) is 4.79 Å². The number of hydrogen-bond donors (Lipinski definition) is 1. The van der Waals surface area contributed by atoms with Gasteiger partial charge < -0.3 is 14.8 Å². The van der Waals surface area contributed by atoms with E-state index < -0.39 is 11.4 Å². The molecule has 3 aliphatic rings. The molecule has 2 saturated heterocycles. The van der Waals surface area contributed by atoms with Gasteiger partial charge >= 0.3 is 5.97 Å². The van der Waals surface area contributed by atoms with Crippen LogP contribution in [0.5, 0.6) is 0 Å². The van der Waals surface area contributed by atoms with Crippen molar-refractivity contribution in [1.29, 1.82) is 0 Å². The number of hydrogen-bond acceptors (Lipinski definition) is 5. The highest BCUT2D eigenvalue weighted by atomic mass is 16.5. The Labute approximate surface area is 165 Å². The predicted octanol–water partition coefficient (Wildman–Crippen LogP) is 2.48. The number of esters is 1. The van der Waals surface area contributed by atoms with Gasteiger partial charge in [0.25, 0.3) is 0 Å². The lowest BCUT2D eigenvalue weighted by Gasteiger charge is -2.44. The molecule has 0 aliphatic carbocycles. The number of piperidine rings is 1. The van der Waals surface area contributed by atoms with E-state index in [1.807, 2.05) is 24.3 Å². The summed E-state index contributed by atoms with van der Waals surface area (Å²) in [4.78, 5) is 28.0. The molecule has 0 bridgehead atoms. The van der Waals surface area contributed by atoms with Crippen molar-refractivity contribution in [3.63, 3.8) is 0 Å². The molecule has 1 aromatic rings. The highest BCUT2D eigenvalue weighted by Gasteiger charge is 2.60. The third-order valence-corrected chi connectivity index (χ3v) is 6.67. The van der Waals surface area contributed by atoms with E-state index in [1.165, 1.54) is 20.5 Å². The number of rotatable bonds is 4. The van der Waals surface area contributed by atoms with Crippen molar-refractivity contribution in [1.82, 2.24) is 4.90 Å². The van der Waals surface area contributed by atoms with Gasteiger partial charge in [0.2, 0.25) is 5.91 Å². The van der Waals surface area contributed by atoms with Crippen molar-refractivity contribution < 1.29 is 19.1 Å². The molecule has 0 radical (unpaired) electrons. The minimum Gasteiger partial charge on any atom is -0.504 e. The summed E-state index contributed by atoms with van der Waals surface area (Å²) in [6.45, 7) is 5.60. The van der Waals surface area contributed by atoms with Gasteiger partial charge in [0.15, 0.2) is 0 Å². The van der Waals surface area contributed by atoms with E-state index in [4.69, 9.17) is 9.47 Å². The lowest BCUT2D eigenvalue weighted by molar-refractivity contribution is -0.137. The van der Waals surface area contributed by atoms with Crippen LogP contribution >= 0.6 is 0 Å². The van der Waals surface area contributed by atoms with Crippen molar-refractivity contribution in [3.8, 4) is 0 Å². The van der Waals surface area contributed by atoms with Crippen molar-refractivity contribution in [2.45, 2.75) is 24.3 Å². The summed E-state index contributed by atoms with van der Waals surface area (Å²) in [5, 5.41) is 3.07. The van der Waals surface area contributed by atoms with E-state index in [9.17, 15) is 9.59 Å². The van der Waals surface area contributed by atoms with Crippen molar-refractivity contribution in [2.24, 2.45) is 11.8 Å². The molecule has 1 amide bonds. The average Bonchev–Trinajstić information content (AvgIpc) is 3.23. The van der Waals surface area contributed by atoms with Crippen LogP contribution in [0, 0.1) is 11.8 Å². The number of methoxy groups -OCH3 is 2. The third kappa shape index (κ3) is 2.58. The lowest BCUT2D eigenvalue weighted by Crippen LogP contribution is -2.53. The molecule has 2 unspecified atom stereocenters. The summed E-state index contributed by atoms with van der Waals surface area (Å²) in [5.41, 5.74) is 1.90. The highest BCUT2D eigenvalue weighted by Crippen LogP contribution is 2.52. The smallest absolute Gasteiger partial charge is 0.337 e. The predicted molar refractivity (Wildman–Crippen MR) is 106 cm³/mol. The Bertz CT molecular complexity index is 849. The molecule has 1 N–H and O–H groups in total. The molecular weight excluding hydrogens is 356 g/mol. The number of nitrogens with zero attached hydrogens (tertiary/aromatic N) is 1. The normalized spacial score (nSPS) is 31.9. The van der Waals surface area contributed by atoms with Crippen LogP contribution in [-0.2, 0) is 24.5 Å². The van der Waals surface area contributed by atoms with Crippen LogP contribution in [0.2, 0.25) is 0 Å². The standard InChI is InChI=1S/C22H26N2O4/c1-4-14-12-24-10-9-22(17-7-5-6-8-18(17)23-21(22)26)19(24)11-15(14)16(13-27-2)20(25)28-3/h4-8,13-15,19H,1,9-12H2,2-3H3,(H,23,26)/b16-13+/t14?,15?,19-,22-/m0/s1. The largest absolute Gasteiger partial charge is 0.504 e. The summed E-state index contributed by atoms with van der Waals surface area (Å²) in [7, 11) is 2.90. The van der Waals surface area contributed by atoms with Crippen molar-refractivity contribution in [2.75, 3.05) is 32.6 Å². The fourth-order valence-electron chi connectivity index (χ4n) is 5.38. The average molecular weight is 382 g/mol. The van der Waals surface area contributed by atoms with Gasteiger partial charge in [0.05, 0.1) is 31.5 Å². The number of ether oxygens (including phenoxy) is 2.